The normalized spacial score (nSPS) is 34.2. The van der Waals surface area contributed by atoms with E-state index in [1.165, 1.54) is 19.3 Å². The van der Waals surface area contributed by atoms with Crippen LogP contribution in [0.3, 0.4) is 0 Å². The third-order valence-corrected chi connectivity index (χ3v) is 3.62. The average molecular weight is 186 g/mol. The Bertz CT molecular complexity index is 146. The van der Waals surface area contributed by atoms with Gasteiger partial charge in [0.1, 0.15) is 0 Å². The SMILES string of the molecule is CCC1CCC(C(C)(O)CO)CC1. The summed E-state index contributed by atoms with van der Waals surface area (Å²) in [5, 5.41) is 18.9. The van der Waals surface area contributed by atoms with Crippen LogP contribution in [-0.2, 0) is 0 Å². The van der Waals surface area contributed by atoms with Crippen molar-refractivity contribution in [3.63, 3.8) is 0 Å². The molecule has 1 rings (SSSR count). The highest BCUT2D eigenvalue weighted by atomic mass is 16.3. The molecule has 1 unspecified atom stereocenters. The molecular weight excluding hydrogens is 164 g/mol. The van der Waals surface area contributed by atoms with E-state index >= 15 is 0 Å². The molecule has 0 saturated heterocycles. The Balaban J connectivity index is 2.40. The highest BCUT2D eigenvalue weighted by molar-refractivity contribution is 4.85. The Labute approximate surface area is 81.0 Å². The van der Waals surface area contributed by atoms with E-state index in [9.17, 15) is 5.11 Å². The number of aliphatic hydroxyl groups is 2. The highest BCUT2D eigenvalue weighted by Gasteiger charge is 2.33. The van der Waals surface area contributed by atoms with Gasteiger partial charge < -0.3 is 10.2 Å². The van der Waals surface area contributed by atoms with E-state index in [0.717, 1.165) is 18.8 Å². The van der Waals surface area contributed by atoms with Crippen molar-refractivity contribution in [2.45, 2.75) is 51.6 Å². The number of hydrogen-bond donors (Lipinski definition) is 2. The summed E-state index contributed by atoms with van der Waals surface area (Å²) < 4.78 is 0. The molecule has 0 aliphatic heterocycles. The molecule has 2 nitrogen and oxygen atoms in total. The van der Waals surface area contributed by atoms with Gasteiger partial charge in [0.25, 0.3) is 0 Å². The lowest BCUT2D eigenvalue weighted by molar-refractivity contribution is -0.0618. The van der Waals surface area contributed by atoms with Crippen LogP contribution in [0.1, 0.15) is 46.0 Å². The Morgan fingerprint density at radius 3 is 2.15 bits per heavy atom. The van der Waals surface area contributed by atoms with Gasteiger partial charge in [-0.1, -0.05) is 26.2 Å². The fourth-order valence-corrected chi connectivity index (χ4v) is 2.32. The van der Waals surface area contributed by atoms with Gasteiger partial charge in [-0.2, -0.15) is 0 Å². The van der Waals surface area contributed by atoms with Crippen molar-refractivity contribution < 1.29 is 10.2 Å². The summed E-state index contributed by atoms with van der Waals surface area (Å²) in [6, 6.07) is 0. The van der Waals surface area contributed by atoms with Crippen LogP contribution in [-0.4, -0.2) is 22.4 Å². The maximum Gasteiger partial charge on any atom is 0.0877 e. The smallest absolute Gasteiger partial charge is 0.0877 e. The van der Waals surface area contributed by atoms with Crippen LogP contribution < -0.4 is 0 Å². The molecule has 1 aliphatic rings. The van der Waals surface area contributed by atoms with Crippen molar-refractivity contribution in [3.05, 3.63) is 0 Å². The quantitative estimate of drug-likeness (QED) is 0.707. The summed E-state index contributed by atoms with van der Waals surface area (Å²) in [6.45, 7) is 3.88. The molecule has 0 spiro atoms. The Kier molecular flexibility index (Phi) is 3.74. The minimum absolute atomic E-state index is 0.103. The maximum absolute atomic E-state index is 9.86. The van der Waals surface area contributed by atoms with Gasteiger partial charge >= 0.3 is 0 Å². The lowest BCUT2D eigenvalue weighted by atomic mass is 9.74. The van der Waals surface area contributed by atoms with Gasteiger partial charge in [-0.15, -0.1) is 0 Å². The minimum atomic E-state index is -0.849. The largest absolute Gasteiger partial charge is 0.393 e. The zero-order chi connectivity index (χ0) is 9.90. The van der Waals surface area contributed by atoms with Crippen LogP contribution in [0.25, 0.3) is 0 Å². The van der Waals surface area contributed by atoms with Crippen molar-refractivity contribution in [1.29, 1.82) is 0 Å². The average Bonchev–Trinajstić information content (AvgIpc) is 2.18. The highest BCUT2D eigenvalue weighted by Crippen LogP contribution is 2.36. The van der Waals surface area contributed by atoms with Crippen molar-refractivity contribution in [1.82, 2.24) is 0 Å². The van der Waals surface area contributed by atoms with Crippen LogP contribution >= 0.6 is 0 Å². The lowest BCUT2D eigenvalue weighted by Crippen LogP contribution is -2.40. The molecule has 0 bridgehead atoms. The summed E-state index contributed by atoms with van der Waals surface area (Å²) in [7, 11) is 0. The standard InChI is InChI=1S/C11H22O2/c1-3-9-4-6-10(7-5-9)11(2,13)8-12/h9-10,12-13H,3-8H2,1-2H3. The van der Waals surface area contributed by atoms with Gasteiger partial charge in [-0.25, -0.2) is 0 Å². The van der Waals surface area contributed by atoms with E-state index in [1.54, 1.807) is 6.92 Å². The molecule has 0 aromatic carbocycles. The van der Waals surface area contributed by atoms with Gasteiger partial charge in [0.15, 0.2) is 0 Å². The van der Waals surface area contributed by atoms with Crippen LogP contribution in [0, 0.1) is 11.8 Å². The van der Waals surface area contributed by atoms with Crippen LogP contribution in [0.5, 0.6) is 0 Å². The molecule has 0 radical (unpaired) electrons. The second-order valence-corrected chi connectivity index (χ2v) is 4.64. The Morgan fingerprint density at radius 2 is 1.77 bits per heavy atom. The second-order valence-electron chi connectivity index (χ2n) is 4.64. The third-order valence-electron chi connectivity index (χ3n) is 3.62. The fraction of sp³-hybridized carbons (Fsp3) is 1.00. The summed E-state index contributed by atoms with van der Waals surface area (Å²) in [5.74, 6) is 1.16. The van der Waals surface area contributed by atoms with E-state index in [-0.39, 0.29) is 6.61 Å². The molecule has 0 aromatic rings. The summed E-state index contributed by atoms with van der Waals surface area (Å²) >= 11 is 0. The Hall–Kier alpha value is -0.0800. The molecule has 2 N–H and O–H groups in total. The Morgan fingerprint density at radius 1 is 1.23 bits per heavy atom. The molecule has 0 heterocycles. The van der Waals surface area contributed by atoms with Gasteiger partial charge in [0, 0.05) is 0 Å². The monoisotopic (exact) mass is 186 g/mol. The van der Waals surface area contributed by atoms with Crippen molar-refractivity contribution in [3.8, 4) is 0 Å². The number of rotatable bonds is 3. The first-order valence-corrected chi connectivity index (χ1v) is 5.43. The second kappa shape index (κ2) is 4.43. The molecule has 2 heteroatoms. The molecule has 1 aliphatic carbocycles. The van der Waals surface area contributed by atoms with Gasteiger partial charge in [0.2, 0.25) is 0 Å². The topological polar surface area (TPSA) is 40.5 Å². The van der Waals surface area contributed by atoms with Gasteiger partial charge in [-0.05, 0) is 31.6 Å². The van der Waals surface area contributed by atoms with Crippen LogP contribution in [0.4, 0.5) is 0 Å². The molecule has 13 heavy (non-hydrogen) atoms. The summed E-state index contributed by atoms with van der Waals surface area (Å²) in [5.41, 5.74) is -0.849. The third kappa shape index (κ3) is 2.68. The first-order valence-electron chi connectivity index (χ1n) is 5.43. The molecule has 1 fully saturated rings. The molecule has 78 valence electrons. The van der Waals surface area contributed by atoms with E-state index in [1.807, 2.05) is 0 Å². The van der Waals surface area contributed by atoms with Crippen molar-refractivity contribution in [2.24, 2.45) is 11.8 Å². The molecule has 0 amide bonds. The van der Waals surface area contributed by atoms with Crippen LogP contribution in [0.15, 0.2) is 0 Å². The van der Waals surface area contributed by atoms with E-state index in [4.69, 9.17) is 5.11 Å². The molecule has 1 saturated carbocycles. The molecular formula is C11H22O2. The predicted molar refractivity (Wildman–Crippen MR) is 53.4 cm³/mol. The fourth-order valence-electron chi connectivity index (χ4n) is 2.32. The molecule has 0 aromatic heterocycles. The first kappa shape index (κ1) is 11.0. The van der Waals surface area contributed by atoms with Gasteiger partial charge in [0.05, 0.1) is 12.2 Å². The number of aliphatic hydroxyl groups excluding tert-OH is 1. The summed E-state index contributed by atoms with van der Waals surface area (Å²) in [4.78, 5) is 0. The number of hydrogen-bond acceptors (Lipinski definition) is 2. The van der Waals surface area contributed by atoms with Gasteiger partial charge in [-0.3, -0.25) is 0 Å². The van der Waals surface area contributed by atoms with Crippen LogP contribution in [0.2, 0.25) is 0 Å². The zero-order valence-corrected chi connectivity index (χ0v) is 8.79. The lowest BCUT2D eigenvalue weighted by Gasteiger charge is -2.36. The molecule has 1 atom stereocenters. The van der Waals surface area contributed by atoms with Crippen molar-refractivity contribution >= 4 is 0 Å². The first-order chi connectivity index (χ1) is 6.10. The minimum Gasteiger partial charge on any atom is -0.393 e. The zero-order valence-electron chi connectivity index (χ0n) is 8.79. The van der Waals surface area contributed by atoms with Crippen molar-refractivity contribution in [2.75, 3.05) is 6.61 Å². The predicted octanol–water partition coefficient (Wildman–Crippen LogP) is 1.95. The summed E-state index contributed by atoms with van der Waals surface area (Å²) in [6.07, 6.45) is 5.85. The van der Waals surface area contributed by atoms with E-state index in [2.05, 4.69) is 6.92 Å². The van der Waals surface area contributed by atoms with E-state index < -0.39 is 5.60 Å². The van der Waals surface area contributed by atoms with E-state index in [0.29, 0.717) is 5.92 Å². The maximum atomic E-state index is 9.86.